The first-order chi connectivity index (χ1) is 12.3. The van der Waals surface area contributed by atoms with Crippen LogP contribution in [0.3, 0.4) is 0 Å². The summed E-state index contributed by atoms with van der Waals surface area (Å²) >= 11 is 0.903. The molecule has 0 saturated heterocycles. The van der Waals surface area contributed by atoms with Crippen LogP contribution in [0.4, 0.5) is 13.2 Å². The lowest BCUT2D eigenvalue weighted by Gasteiger charge is -2.16. The SMILES string of the molecule is COc1nc(-n2ccc(C)n2)nc(Sc2ccc(C)cc2)c1C(F)(F)F. The Morgan fingerprint density at radius 1 is 1.04 bits per heavy atom. The van der Waals surface area contributed by atoms with Crippen LogP contribution in [0.15, 0.2) is 46.5 Å². The number of rotatable bonds is 4. The van der Waals surface area contributed by atoms with Crippen molar-refractivity contribution in [2.75, 3.05) is 7.11 Å². The maximum Gasteiger partial charge on any atom is 0.424 e. The second kappa shape index (κ2) is 6.99. The number of nitrogens with zero attached hydrogens (tertiary/aromatic N) is 4. The number of ether oxygens (including phenoxy) is 1. The minimum absolute atomic E-state index is 0.0116. The molecule has 0 amide bonds. The third kappa shape index (κ3) is 3.82. The van der Waals surface area contributed by atoms with E-state index in [1.54, 1.807) is 31.3 Å². The van der Waals surface area contributed by atoms with E-state index in [2.05, 4.69) is 15.1 Å². The fourth-order valence-electron chi connectivity index (χ4n) is 2.22. The lowest BCUT2D eigenvalue weighted by molar-refractivity contribution is -0.141. The summed E-state index contributed by atoms with van der Waals surface area (Å²) in [4.78, 5) is 8.62. The summed E-state index contributed by atoms with van der Waals surface area (Å²) in [5.41, 5.74) is 0.705. The zero-order chi connectivity index (χ0) is 18.9. The van der Waals surface area contributed by atoms with Gasteiger partial charge in [-0.2, -0.15) is 23.3 Å². The van der Waals surface area contributed by atoms with Gasteiger partial charge in [0.2, 0.25) is 5.88 Å². The topological polar surface area (TPSA) is 52.8 Å². The van der Waals surface area contributed by atoms with Crippen molar-refractivity contribution in [2.24, 2.45) is 0 Å². The average Bonchev–Trinajstić information content (AvgIpc) is 3.01. The summed E-state index contributed by atoms with van der Waals surface area (Å²) in [6.45, 7) is 3.67. The van der Waals surface area contributed by atoms with Crippen molar-refractivity contribution >= 4 is 11.8 Å². The van der Waals surface area contributed by atoms with Gasteiger partial charge in [0.25, 0.3) is 5.95 Å². The first kappa shape index (κ1) is 18.2. The molecule has 0 spiro atoms. The number of methoxy groups -OCH3 is 1. The van der Waals surface area contributed by atoms with Gasteiger partial charge in [0, 0.05) is 11.1 Å². The third-order valence-corrected chi connectivity index (χ3v) is 4.47. The van der Waals surface area contributed by atoms with E-state index in [0.717, 1.165) is 24.4 Å². The molecule has 0 N–H and O–H groups in total. The Bertz CT molecular complexity index is 923. The molecular formula is C17H15F3N4OS. The molecule has 2 heterocycles. The zero-order valence-corrected chi connectivity index (χ0v) is 15.0. The molecule has 2 aromatic heterocycles. The summed E-state index contributed by atoms with van der Waals surface area (Å²) in [5.74, 6) is -0.525. The van der Waals surface area contributed by atoms with E-state index in [0.29, 0.717) is 10.6 Å². The normalized spacial score (nSPS) is 11.6. The molecule has 0 fully saturated rings. The molecule has 0 radical (unpaired) electrons. The second-order valence-corrected chi connectivity index (χ2v) is 6.59. The summed E-state index contributed by atoms with van der Waals surface area (Å²) in [6, 6.07) is 8.84. The van der Waals surface area contributed by atoms with Crippen LogP contribution in [0.25, 0.3) is 5.95 Å². The highest BCUT2D eigenvalue weighted by molar-refractivity contribution is 7.99. The molecule has 136 valence electrons. The predicted octanol–water partition coefficient (Wildman–Crippen LogP) is 4.46. The minimum Gasteiger partial charge on any atom is -0.480 e. The molecule has 0 atom stereocenters. The third-order valence-electron chi connectivity index (χ3n) is 3.47. The molecule has 0 saturated carbocycles. The Morgan fingerprint density at radius 3 is 2.27 bits per heavy atom. The second-order valence-electron chi connectivity index (χ2n) is 5.53. The molecule has 26 heavy (non-hydrogen) atoms. The van der Waals surface area contributed by atoms with Gasteiger partial charge in [-0.15, -0.1) is 0 Å². The van der Waals surface area contributed by atoms with E-state index in [1.165, 1.54) is 4.68 Å². The molecule has 0 bridgehead atoms. The molecule has 3 aromatic rings. The lowest BCUT2D eigenvalue weighted by atomic mass is 10.2. The van der Waals surface area contributed by atoms with Crippen LogP contribution in [0, 0.1) is 13.8 Å². The maximum absolute atomic E-state index is 13.6. The zero-order valence-electron chi connectivity index (χ0n) is 14.2. The van der Waals surface area contributed by atoms with Gasteiger partial charge < -0.3 is 4.74 Å². The first-order valence-electron chi connectivity index (χ1n) is 7.58. The number of aromatic nitrogens is 4. The van der Waals surface area contributed by atoms with Crippen molar-refractivity contribution < 1.29 is 17.9 Å². The van der Waals surface area contributed by atoms with Gasteiger partial charge in [-0.25, -0.2) is 9.67 Å². The molecule has 9 heteroatoms. The fraction of sp³-hybridized carbons (Fsp3) is 0.235. The van der Waals surface area contributed by atoms with E-state index in [-0.39, 0.29) is 11.0 Å². The van der Waals surface area contributed by atoms with Gasteiger partial charge in [-0.1, -0.05) is 29.5 Å². The van der Waals surface area contributed by atoms with Crippen molar-refractivity contribution in [3.63, 3.8) is 0 Å². The molecule has 0 aliphatic rings. The van der Waals surface area contributed by atoms with Crippen LogP contribution in [0.5, 0.6) is 5.88 Å². The molecular weight excluding hydrogens is 365 g/mol. The van der Waals surface area contributed by atoms with Crippen molar-refractivity contribution in [1.29, 1.82) is 0 Å². The predicted molar refractivity (Wildman–Crippen MR) is 90.7 cm³/mol. The minimum atomic E-state index is -4.66. The Balaban J connectivity index is 2.15. The largest absolute Gasteiger partial charge is 0.480 e. The molecule has 3 rings (SSSR count). The van der Waals surface area contributed by atoms with Gasteiger partial charge in [-0.05, 0) is 32.0 Å². The smallest absolute Gasteiger partial charge is 0.424 e. The molecule has 5 nitrogen and oxygen atoms in total. The summed E-state index contributed by atoms with van der Waals surface area (Å²) in [6.07, 6.45) is -3.07. The highest BCUT2D eigenvalue weighted by atomic mass is 32.2. The molecule has 0 aliphatic carbocycles. The van der Waals surface area contributed by atoms with Gasteiger partial charge in [-0.3, -0.25) is 0 Å². The van der Waals surface area contributed by atoms with Crippen LogP contribution in [-0.4, -0.2) is 26.9 Å². The Morgan fingerprint density at radius 2 is 1.73 bits per heavy atom. The standard InChI is InChI=1S/C17H15F3N4OS/c1-10-4-6-12(7-5-10)26-15-13(17(18,19)20)14(25-3)21-16(22-15)24-9-8-11(2)23-24/h4-9H,1-3H3. The number of hydrogen-bond donors (Lipinski definition) is 0. The fourth-order valence-corrected chi connectivity index (χ4v) is 3.15. The van der Waals surface area contributed by atoms with Gasteiger partial charge in [0.05, 0.1) is 12.8 Å². The van der Waals surface area contributed by atoms with E-state index >= 15 is 0 Å². The Labute approximate surface area is 152 Å². The highest BCUT2D eigenvalue weighted by Gasteiger charge is 2.40. The van der Waals surface area contributed by atoms with Crippen LogP contribution < -0.4 is 4.74 Å². The van der Waals surface area contributed by atoms with Crippen molar-refractivity contribution in [2.45, 2.75) is 29.9 Å². The van der Waals surface area contributed by atoms with E-state index in [1.807, 2.05) is 19.1 Å². The monoisotopic (exact) mass is 380 g/mol. The number of halogens is 3. The molecule has 1 aromatic carbocycles. The number of benzene rings is 1. The summed E-state index contributed by atoms with van der Waals surface area (Å²) in [5, 5.41) is 3.91. The van der Waals surface area contributed by atoms with E-state index < -0.39 is 17.6 Å². The number of hydrogen-bond acceptors (Lipinski definition) is 5. The van der Waals surface area contributed by atoms with E-state index in [4.69, 9.17) is 4.74 Å². The average molecular weight is 380 g/mol. The summed E-state index contributed by atoms with van der Waals surface area (Å²) < 4.78 is 47.0. The summed E-state index contributed by atoms with van der Waals surface area (Å²) in [7, 11) is 1.15. The number of alkyl halides is 3. The van der Waals surface area contributed by atoms with Crippen molar-refractivity contribution in [3.05, 3.63) is 53.3 Å². The van der Waals surface area contributed by atoms with Crippen LogP contribution in [-0.2, 0) is 6.18 Å². The van der Waals surface area contributed by atoms with E-state index in [9.17, 15) is 13.2 Å². The van der Waals surface area contributed by atoms with Gasteiger partial charge >= 0.3 is 6.18 Å². The maximum atomic E-state index is 13.6. The number of aryl methyl sites for hydroxylation is 2. The van der Waals surface area contributed by atoms with Crippen molar-refractivity contribution in [3.8, 4) is 11.8 Å². The van der Waals surface area contributed by atoms with Crippen molar-refractivity contribution in [1.82, 2.24) is 19.7 Å². The van der Waals surface area contributed by atoms with Gasteiger partial charge in [0.15, 0.2) is 5.56 Å². The quantitative estimate of drug-likeness (QED) is 0.626. The van der Waals surface area contributed by atoms with Gasteiger partial charge in [0.1, 0.15) is 5.03 Å². The molecule has 0 aliphatic heterocycles. The highest BCUT2D eigenvalue weighted by Crippen LogP contribution is 2.43. The molecule has 0 unspecified atom stereocenters. The lowest BCUT2D eigenvalue weighted by Crippen LogP contribution is -2.15. The Kier molecular flexibility index (Phi) is 4.90. The van der Waals surface area contributed by atoms with Crippen LogP contribution in [0.2, 0.25) is 0 Å². The van der Waals surface area contributed by atoms with Crippen LogP contribution >= 0.6 is 11.8 Å². The Hall–Kier alpha value is -2.55. The van der Waals surface area contributed by atoms with Crippen LogP contribution in [0.1, 0.15) is 16.8 Å². The first-order valence-corrected chi connectivity index (χ1v) is 8.40.